The SMILES string of the molecule is CC(C)CC1C(=O)NC(=O)N1C(N)=O. The summed E-state index contributed by atoms with van der Waals surface area (Å²) in [4.78, 5) is 34.0. The molecule has 1 saturated heterocycles. The zero-order chi connectivity index (χ0) is 10.9. The maximum Gasteiger partial charge on any atom is 0.332 e. The Balaban J connectivity index is 2.83. The van der Waals surface area contributed by atoms with E-state index in [9.17, 15) is 14.4 Å². The van der Waals surface area contributed by atoms with E-state index >= 15 is 0 Å². The monoisotopic (exact) mass is 199 g/mol. The first-order valence-corrected chi connectivity index (χ1v) is 4.37. The fourth-order valence-corrected chi connectivity index (χ4v) is 1.42. The summed E-state index contributed by atoms with van der Waals surface area (Å²) in [5.41, 5.74) is 4.99. The van der Waals surface area contributed by atoms with Gasteiger partial charge in [-0.05, 0) is 12.3 Å². The topological polar surface area (TPSA) is 92.5 Å². The summed E-state index contributed by atoms with van der Waals surface area (Å²) in [5, 5.41) is 2.05. The van der Waals surface area contributed by atoms with Crippen LogP contribution in [0.5, 0.6) is 0 Å². The highest BCUT2D eigenvalue weighted by atomic mass is 16.2. The molecule has 0 aromatic heterocycles. The molecule has 1 aliphatic heterocycles. The van der Waals surface area contributed by atoms with Gasteiger partial charge in [0.2, 0.25) is 0 Å². The lowest BCUT2D eigenvalue weighted by Crippen LogP contribution is -2.44. The quantitative estimate of drug-likeness (QED) is 0.614. The molecule has 3 N–H and O–H groups in total. The first-order chi connectivity index (χ1) is 6.43. The lowest BCUT2D eigenvalue weighted by molar-refractivity contribution is -0.121. The molecule has 0 aromatic rings. The number of nitrogens with two attached hydrogens (primary N) is 1. The van der Waals surface area contributed by atoms with Crippen LogP contribution in [0, 0.1) is 5.92 Å². The number of hydrogen-bond donors (Lipinski definition) is 2. The Labute approximate surface area is 81.4 Å². The summed E-state index contributed by atoms with van der Waals surface area (Å²) >= 11 is 0. The Kier molecular flexibility index (Phi) is 2.73. The van der Waals surface area contributed by atoms with Gasteiger partial charge in [0.15, 0.2) is 0 Å². The molecule has 1 fully saturated rings. The van der Waals surface area contributed by atoms with E-state index in [1.54, 1.807) is 0 Å². The molecule has 0 saturated carbocycles. The van der Waals surface area contributed by atoms with E-state index in [0.717, 1.165) is 4.90 Å². The third-order valence-electron chi connectivity index (χ3n) is 2.00. The van der Waals surface area contributed by atoms with Crippen molar-refractivity contribution in [1.82, 2.24) is 10.2 Å². The normalized spacial score (nSPS) is 21.6. The number of primary amides is 1. The second-order valence-corrected chi connectivity index (χ2v) is 3.65. The van der Waals surface area contributed by atoms with Crippen LogP contribution < -0.4 is 11.1 Å². The number of carbonyl (C=O) groups excluding carboxylic acids is 3. The van der Waals surface area contributed by atoms with Crippen LogP contribution in [0.1, 0.15) is 20.3 Å². The van der Waals surface area contributed by atoms with E-state index < -0.39 is 24.0 Å². The predicted molar refractivity (Wildman–Crippen MR) is 48.2 cm³/mol. The molecule has 6 heteroatoms. The standard InChI is InChI=1S/C8H13N3O3/c1-4(2)3-5-6(12)10-8(14)11(5)7(9)13/h4-5H,3H2,1-2H3,(H2,9,13)(H,10,12,14). The first kappa shape index (κ1) is 10.5. The second kappa shape index (κ2) is 3.65. The zero-order valence-corrected chi connectivity index (χ0v) is 8.11. The fraction of sp³-hybridized carbons (Fsp3) is 0.625. The molecule has 1 unspecified atom stereocenters. The number of urea groups is 2. The maximum atomic E-state index is 11.3. The van der Waals surface area contributed by atoms with Gasteiger partial charge in [0.25, 0.3) is 5.91 Å². The molecule has 1 heterocycles. The molecule has 14 heavy (non-hydrogen) atoms. The Hall–Kier alpha value is -1.59. The largest absolute Gasteiger partial charge is 0.351 e. The summed E-state index contributed by atoms with van der Waals surface area (Å²) in [6, 6.07) is -2.37. The van der Waals surface area contributed by atoms with Crippen LogP contribution in [-0.2, 0) is 4.79 Å². The third kappa shape index (κ3) is 1.84. The Morgan fingerprint density at radius 1 is 1.57 bits per heavy atom. The summed E-state index contributed by atoms with van der Waals surface area (Å²) in [6.45, 7) is 3.80. The van der Waals surface area contributed by atoms with Crippen molar-refractivity contribution in [3.63, 3.8) is 0 Å². The summed E-state index contributed by atoms with van der Waals surface area (Å²) in [5.74, 6) is -0.249. The van der Waals surface area contributed by atoms with Crippen molar-refractivity contribution in [2.24, 2.45) is 11.7 Å². The van der Waals surface area contributed by atoms with Crippen LogP contribution in [0.2, 0.25) is 0 Å². The van der Waals surface area contributed by atoms with Crippen LogP contribution in [0.3, 0.4) is 0 Å². The number of carbonyl (C=O) groups is 3. The molecule has 1 aliphatic rings. The van der Waals surface area contributed by atoms with Gasteiger partial charge in [-0.1, -0.05) is 13.8 Å². The van der Waals surface area contributed by atoms with E-state index in [1.807, 2.05) is 13.8 Å². The molecule has 1 atom stereocenters. The molecule has 0 aromatic carbocycles. The molecule has 1 rings (SSSR count). The van der Waals surface area contributed by atoms with Gasteiger partial charge in [0.1, 0.15) is 6.04 Å². The van der Waals surface area contributed by atoms with Crippen LogP contribution in [0.25, 0.3) is 0 Å². The van der Waals surface area contributed by atoms with E-state index in [2.05, 4.69) is 5.32 Å². The first-order valence-electron chi connectivity index (χ1n) is 4.37. The van der Waals surface area contributed by atoms with Gasteiger partial charge < -0.3 is 5.73 Å². The third-order valence-corrected chi connectivity index (χ3v) is 2.00. The van der Waals surface area contributed by atoms with Gasteiger partial charge in [-0.2, -0.15) is 0 Å². The van der Waals surface area contributed by atoms with Crippen molar-refractivity contribution < 1.29 is 14.4 Å². The Bertz CT molecular complexity index is 288. The van der Waals surface area contributed by atoms with Crippen LogP contribution >= 0.6 is 0 Å². The van der Waals surface area contributed by atoms with E-state index in [1.165, 1.54) is 0 Å². The average molecular weight is 199 g/mol. The number of hydrogen-bond acceptors (Lipinski definition) is 3. The minimum atomic E-state index is -0.890. The van der Waals surface area contributed by atoms with Crippen LogP contribution in [0.15, 0.2) is 0 Å². The Morgan fingerprint density at radius 3 is 2.57 bits per heavy atom. The molecule has 5 amide bonds. The molecule has 0 bridgehead atoms. The molecule has 6 nitrogen and oxygen atoms in total. The number of rotatable bonds is 2. The highest BCUT2D eigenvalue weighted by Crippen LogP contribution is 2.16. The minimum absolute atomic E-state index is 0.207. The Morgan fingerprint density at radius 2 is 2.14 bits per heavy atom. The van der Waals surface area contributed by atoms with Gasteiger partial charge in [0, 0.05) is 0 Å². The van der Waals surface area contributed by atoms with Crippen LogP contribution in [-0.4, -0.2) is 28.9 Å². The smallest absolute Gasteiger partial charge is 0.332 e. The number of nitrogens with zero attached hydrogens (tertiary/aromatic N) is 1. The number of nitrogens with one attached hydrogen (secondary N) is 1. The lowest BCUT2D eigenvalue weighted by Gasteiger charge is -2.18. The molecule has 0 radical (unpaired) electrons. The van der Waals surface area contributed by atoms with Crippen molar-refractivity contribution >= 4 is 18.0 Å². The van der Waals surface area contributed by atoms with Crippen molar-refractivity contribution in [3.05, 3.63) is 0 Å². The number of imide groups is 2. The maximum absolute atomic E-state index is 11.3. The highest BCUT2D eigenvalue weighted by Gasteiger charge is 2.41. The van der Waals surface area contributed by atoms with E-state index in [-0.39, 0.29) is 5.92 Å². The zero-order valence-electron chi connectivity index (χ0n) is 8.11. The minimum Gasteiger partial charge on any atom is -0.351 e. The molecular weight excluding hydrogens is 186 g/mol. The van der Waals surface area contributed by atoms with Gasteiger partial charge in [-0.25, -0.2) is 14.5 Å². The van der Waals surface area contributed by atoms with Crippen molar-refractivity contribution in [3.8, 4) is 0 Å². The van der Waals surface area contributed by atoms with Gasteiger partial charge in [0.05, 0.1) is 0 Å². The van der Waals surface area contributed by atoms with Crippen LogP contribution in [0.4, 0.5) is 9.59 Å². The van der Waals surface area contributed by atoms with Crippen molar-refractivity contribution in [1.29, 1.82) is 0 Å². The van der Waals surface area contributed by atoms with E-state index in [0.29, 0.717) is 6.42 Å². The summed E-state index contributed by atoms with van der Waals surface area (Å²) in [7, 11) is 0. The molecule has 0 spiro atoms. The van der Waals surface area contributed by atoms with Crippen molar-refractivity contribution in [2.75, 3.05) is 0 Å². The fourth-order valence-electron chi connectivity index (χ4n) is 1.42. The summed E-state index contributed by atoms with van der Waals surface area (Å²) in [6.07, 6.45) is 0.431. The summed E-state index contributed by atoms with van der Waals surface area (Å²) < 4.78 is 0. The molecular formula is C8H13N3O3. The average Bonchev–Trinajstić information content (AvgIpc) is 2.25. The van der Waals surface area contributed by atoms with Gasteiger partial charge in [-0.3, -0.25) is 10.1 Å². The van der Waals surface area contributed by atoms with Gasteiger partial charge in [-0.15, -0.1) is 0 Å². The molecule has 78 valence electrons. The molecule has 0 aliphatic carbocycles. The van der Waals surface area contributed by atoms with Gasteiger partial charge >= 0.3 is 12.1 Å². The second-order valence-electron chi connectivity index (χ2n) is 3.65. The highest BCUT2D eigenvalue weighted by molar-refractivity contribution is 6.11. The van der Waals surface area contributed by atoms with E-state index in [4.69, 9.17) is 5.73 Å². The lowest BCUT2D eigenvalue weighted by atomic mass is 10.0. The van der Waals surface area contributed by atoms with Crippen molar-refractivity contribution in [2.45, 2.75) is 26.3 Å². The number of amides is 5. The predicted octanol–water partition coefficient (Wildman–Crippen LogP) is 0.0316.